The molecule has 0 bridgehead atoms. The first-order chi connectivity index (χ1) is 6.72. The van der Waals surface area contributed by atoms with Crippen LogP contribution < -0.4 is 17.1 Å². The molecule has 0 fully saturated rings. The van der Waals surface area contributed by atoms with Crippen molar-refractivity contribution in [2.24, 2.45) is 16.8 Å². The fraction of sp³-hybridized carbons (Fsp3) is 0.125. The van der Waals surface area contributed by atoms with Gasteiger partial charge in [-0.1, -0.05) is 0 Å². The zero-order chi connectivity index (χ0) is 10.6. The van der Waals surface area contributed by atoms with E-state index in [4.69, 9.17) is 11.7 Å². The first-order valence-corrected chi connectivity index (χ1v) is 5.03. The summed E-state index contributed by atoms with van der Waals surface area (Å²) >= 11 is 1.50. The Morgan fingerprint density at radius 3 is 2.79 bits per heavy atom. The van der Waals surface area contributed by atoms with Gasteiger partial charge in [0.1, 0.15) is 5.82 Å². The minimum absolute atomic E-state index is 0.124. The predicted molar refractivity (Wildman–Crippen MR) is 56.2 cm³/mol. The van der Waals surface area contributed by atoms with E-state index in [9.17, 15) is 4.39 Å². The average Bonchev–Trinajstić information content (AvgIpc) is 2.22. The van der Waals surface area contributed by atoms with E-state index < -0.39 is 5.82 Å². The van der Waals surface area contributed by atoms with Gasteiger partial charge < -0.3 is 11.3 Å². The third kappa shape index (κ3) is 2.15. The summed E-state index contributed by atoms with van der Waals surface area (Å²) in [7, 11) is 0. The lowest BCUT2D eigenvalue weighted by Gasteiger charge is -2.06. The van der Waals surface area contributed by atoms with Crippen LogP contribution in [0.15, 0.2) is 28.2 Å². The summed E-state index contributed by atoms with van der Waals surface area (Å²) in [6.07, 6.45) is 1.89. The summed E-state index contributed by atoms with van der Waals surface area (Å²) in [4.78, 5) is 0.915. The van der Waals surface area contributed by atoms with E-state index in [1.807, 2.05) is 6.26 Å². The van der Waals surface area contributed by atoms with Gasteiger partial charge in [0, 0.05) is 4.90 Å². The molecule has 0 aromatic heterocycles. The van der Waals surface area contributed by atoms with Gasteiger partial charge >= 0.3 is 0 Å². The first-order valence-electron chi connectivity index (χ1n) is 3.81. The number of halogens is 1. The molecule has 4 nitrogen and oxygen atoms in total. The van der Waals surface area contributed by atoms with Gasteiger partial charge in [-0.05, 0) is 24.5 Å². The van der Waals surface area contributed by atoms with E-state index in [2.05, 4.69) is 10.5 Å². The van der Waals surface area contributed by atoms with Gasteiger partial charge in [-0.15, -0.1) is 11.8 Å². The SMILES string of the molecule is CSc1ccc(F)c(/C(=N/N)NN)c1. The maximum atomic E-state index is 13.3. The third-order valence-corrected chi connectivity index (χ3v) is 2.42. The van der Waals surface area contributed by atoms with Crippen molar-refractivity contribution < 1.29 is 4.39 Å². The highest BCUT2D eigenvalue weighted by atomic mass is 32.2. The zero-order valence-electron chi connectivity index (χ0n) is 7.62. The number of thioether (sulfide) groups is 1. The number of nitrogens with one attached hydrogen (secondary N) is 1. The highest BCUT2D eigenvalue weighted by Gasteiger charge is 2.08. The Balaban J connectivity index is 3.18. The maximum absolute atomic E-state index is 13.3. The van der Waals surface area contributed by atoms with Crippen molar-refractivity contribution in [2.45, 2.75) is 4.90 Å². The van der Waals surface area contributed by atoms with Crippen LogP contribution in [0.25, 0.3) is 0 Å². The zero-order valence-corrected chi connectivity index (χ0v) is 8.44. The van der Waals surface area contributed by atoms with Gasteiger partial charge in [0.15, 0.2) is 5.84 Å². The highest BCUT2D eigenvalue weighted by Crippen LogP contribution is 2.18. The van der Waals surface area contributed by atoms with Crippen LogP contribution in [0.3, 0.4) is 0 Å². The topological polar surface area (TPSA) is 76.4 Å². The average molecular weight is 214 g/mol. The molecule has 0 saturated carbocycles. The van der Waals surface area contributed by atoms with Gasteiger partial charge in [-0.3, -0.25) is 0 Å². The standard InChI is InChI=1S/C8H11FN4S/c1-14-5-2-3-7(9)6(4-5)8(12-10)13-11/h2-4H,10-11H2,1H3,(H,12,13). The Bertz CT molecular complexity index is 353. The molecular formula is C8H11FN4S. The first kappa shape index (κ1) is 10.8. The lowest BCUT2D eigenvalue weighted by atomic mass is 10.2. The number of hydrogen-bond donors (Lipinski definition) is 3. The lowest BCUT2D eigenvalue weighted by Crippen LogP contribution is -2.32. The Kier molecular flexibility index (Phi) is 3.73. The monoisotopic (exact) mass is 214 g/mol. The number of nitrogens with two attached hydrogens (primary N) is 2. The van der Waals surface area contributed by atoms with Gasteiger partial charge in [-0.25, -0.2) is 10.2 Å². The number of benzene rings is 1. The number of hydrogen-bond acceptors (Lipinski definition) is 4. The molecule has 1 aromatic carbocycles. The van der Waals surface area contributed by atoms with Crippen molar-refractivity contribution in [3.05, 3.63) is 29.6 Å². The van der Waals surface area contributed by atoms with E-state index in [1.165, 1.54) is 17.8 Å². The van der Waals surface area contributed by atoms with Gasteiger partial charge in [-0.2, -0.15) is 5.10 Å². The highest BCUT2D eigenvalue weighted by molar-refractivity contribution is 7.98. The van der Waals surface area contributed by atoms with Crippen LogP contribution in [-0.2, 0) is 0 Å². The normalized spacial score (nSPS) is 11.5. The summed E-state index contributed by atoms with van der Waals surface area (Å²) in [5.74, 6) is 9.90. The van der Waals surface area contributed by atoms with Crippen LogP contribution in [0, 0.1) is 5.82 Å². The number of hydrazine groups is 1. The van der Waals surface area contributed by atoms with Crippen molar-refractivity contribution in [1.29, 1.82) is 0 Å². The van der Waals surface area contributed by atoms with E-state index >= 15 is 0 Å². The van der Waals surface area contributed by atoms with E-state index in [0.29, 0.717) is 0 Å². The fourth-order valence-electron chi connectivity index (χ4n) is 0.997. The smallest absolute Gasteiger partial charge is 0.169 e. The molecule has 0 atom stereocenters. The molecule has 6 heteroatoms. The molecule has 1 aromatic rings. The molecule has 0 heterocycles. The Morgan fingerprint density at radius 1 is 1.57 bits per heavy atom. The summed E-state index contributed by atoms with van der Waals surface area (Å²) in [5.41, 5.74) is 2.50. The van der Waals surface area contributed by atoms with Gasteiger partial charge in [0.25, 0.3) is 0 Å². The number of amidine groups is 1. The van der Waals surface area contributed by atoms with Crippen molar-refractivity contribution in [1.82, 2.24) is 5.43 Å². The Labute approximate surface area is 85.5 Å². The molecule has 0 unspecified atom stereocenters. The molecule has 0 radical (unpaired) electrons. The Hall–Kier alpha value is -1.27. The minimum Gasteiger partial charge on any atom is -0.321 e. The van der Waals surface area contributed by atoms with Crippen LogP contribution >= 0.6 is 11.8 Å². The van der Waals surface area contributed by atoms with E-state index in [0.717, 1.165) is 4.90 Å². The molecule has 1 rings (SSSR count). The minimum atomic E-state index is -0.412. The molecular weight excluding hydrogens is 203 g/mol. The quantitative estimate of drug-likeness (QED) is 0.222. The van der Waals surface area contributed by atoms with Gasteiger partial charge in [0.2, 0.25) is 0 Å². The van der Waals surface area contributed by atoms with Gasteiger partial charge in [0.05, 0.1) is 5.56 Å². The van der Waals surface area contributed by atoms with Crippen molar-refractivity contribution >= 4 is 17.6 Å². The molecule has 76 valence electrons. The number of rotatable bonds is 2. The summed E-state index contributed by atoms with van der Waals surface area (Å²) in [6, 6.07) is 4.66. The largest absolute Gasteiger partial charge is 0.321 e. The second-order valence-corrected chi connectivity index (χ2v) is 3.35. The van der Waals surface area contributed by atoms with Crippen LogP contribution in [0.5, 0.6) is 0 Å². The molecule has 0 saturated heterocycles. The maximum Gasteiger partial charge on any atom is 0.169 e. The number of nitrogens with zero attached hydrogens (tertiary/aromatic N) is 1. The molecule has 0 amide bonds. The van der Waals surface area contributed by atoms with E-state index in [-0.39, 0.29) is 11.4 Å². The molecule has 0 aliphatic carbocycles. The van der Waals surface area contributed by atoms with Crippen LogP contribution in [0.1, 0.15) is 5.56 Å². The van der Waals surface area contributed by atoms with E-state index in [1.54, 1.807) is 12.1 Å². The van der Waals surface area contributed by atoms with Crippen LogP contribution in [0.2, 0.25) is 0 Å². The van der Waals surface area contributed by atoms with Crippen LogP contribution in [0.4, 0.5) is 4.39 Å². The van der Waals surface area contributed by atoms with Crippen molar-refractivity contribution in [3.63, 3.8) is 0 Å². The molecule has 14 heavy (non-hydrogen) atoms. The lowest BCUT2D eigenvalue weighted by molar-refractivity contribution is 0.622. The molecule has 0 aliphatic rings. The Morgan fingerprint density at radius 2 is 2.29 bits per heavy atom. The van der Waals surface area contributed by atoms with Crippen LogP contribution in [-0.4, -0.2) is 12.1 Å². The molecule has 5 N–H and O–H groups in total. The molecule has 0 spiro atoms. The predicted octanol–water partition coefficient (Wildman–Crippen LogP) is 0.631. The van der Waals surface area contributed by atoms with Crippen molar-refractivity contribution in [3.8, 4) is 0 Å². The summed E-state index contributed by atoms with van der Waals surface area (Å²) in [6.45, 7) is 0. The molecule has 0 aliphatic heterocycles. The van der Waals surface area contributed by atoms with Crippen molar-refractivity contribution in [2.75, 3.05) is 6.26 Å². The second-order valence-electron chi connectivity index (χ2n) is 2.47. The second kappa shape index (κ2) is 4.83. The summed E-state index contributed by atoms with van der Waals surface area (Å²) < 4.78 is 13.3. The summed E-state index contributed by atoms with van der Waals surface area (Å²) in [5, 5.41) is 3.34. The number of hydrazone groups is 1. The third-order valence-electron chi connectivity index (χ3n) is 1.69. The fourth-order valence-corrected chi connectivity index (χ4v) is 1.44.